The van der Waals surface area contributed by atoms with Crippen molar-refractivity contribution >= 4 is 22.8 Å². The summed E-state index contributed by atoms with van der Waals surface area (Å²) in [6.45, 7) is 1.41. The Balaban J connectivity index is 1.14. The summed E-state index contributed by atoms with van der Waals surface area (Å²) in [6.07, 6.45) is 0.264. The fraction of sp³-hybridized carbons (Fsp3) is 0.240. The van der Waals surface area contributed by atoms with E-state index in [-0.39, 0.29) is 6.61 Å². The third-order valence-electron chi connectivity index (χ3n) is 5.13. The zero-order valence-electron chi connectivity index (χ0n) is 18.1. The predicted octanol–water partition coefficient (Wildman–Crippen LogP) is 3.69. The molecule has 0 amide bonds. The number of aromatic amines is 1. The van der Waals surface area contributed by atoms with E-state index in [4.69, 9.17) is 10.00 Å². The van der Waals surface area contributed by atoms with Crippen molar-refractivity contribution in [2.24, 2.45) is 0 Å². The minimum atomic E-state index is -0.617. The van der Waals surface area contributed by atoms with E-state index >= 15 is 0 Å². The molecule has 3 N–H and O–H groups in total. The van der Waals surface area contributed by atoms with Crippen molar-refractivity contribution in [1.29, 1.82) is 5.26 Å². The topological polar surface area (TPSA) is 107 Å². The molecule has 0 radical (unpaired) electrons. The van der Waals surface area contributed by atoms with E-state index in [9.17, 15) is 5.11 Å². The van der Waals surface area contributed by atoms with Crippen LogP contribution in [0.5, 0.6) is 5.75 Å². The Hall–Kier alpha value is -3.38. The van der Waals surface area contributed by atoms with Gasteiger partial charge in [-0.15, -0.1) is 16.9 Å². The summed E-state index contributed by atoms with van der Waals surface area (Å²) in [4.78, 5) is 1.21. The van der Waals surface area contributed by atoms with Gasteiger partial charge in [0.1, 0.15) is 18.5 Å². The van der Waals surface area contributed by atoms with E-state index in [0.717, 1.165) is 24.2 Å². The van der Waals surface area contributed by atoms with Crippen LogP contribution in [0.4, 0.5) is 0 Å². The van der Waals surface area contributed by atoms with Gasteiger partial charge >= 0.3 is 0 Å². The molecule has 0 unspecified atom stereocenters. The highest BCUT2D eigenvalue weighted by Gasteiger charge is 2.09. The van der Waals surface area contributed by atoms with Crippen molar-refractivity contribution in [1.82, 2.24) is 20.7 Å². The van der Waals surface area contributed by atoms with E-state index < -0.39 is 6.10 Å². The lowest BCUT2D eigenvalue weighted by molar-refractivity contribution is 0.107. The van der Waals surface area contributed by atoms with E-state index in [2.05, 4.69) is 51.1 Å². The molecule has 0 saturated heterocycles. The van der Waals surface area contributed by atoms with Crippen LogP contribution in [-0.4, -0.2) is 46.3 Å². The van der Waals surface area contributed by atoms with Crippen LogP contribution in [0.3, 0.4) is 0 Å². The molecular weight excluding hydrogens is 434 g/mol. The smallest absolute Gasteiger partial charge is 0.154 e. The van der Waals surface area contributed by atoms with Gasteiger partial charge < -0.3 is 15.2 Å². The van der Waals surface area contributed by atoms with E-state index in [1.54, 1.807) is 11.8 Å². The van der Waals surface area contributed by atoms with Gasteiger partial charge in [-0.05, 0) is 60.5 Å². The van der Waals surface area contributed by atoms with Crippen LogP contribution in [0.1, 0.15) is 16.7 Å². The summed E-state index contributed by atoms with van der Waals surface area (Å²) >= 11 is 1.78. The average Bonchev–Trinajstić information content (AvgIpc) is 3.35. The Bertz CT molecular complexity index is 1200. The van der Waals surface area contributed by atoms with E-state index in [1.165, 1.54) is 16.0 Å². The zero-order valence-corrected chi connectivity index (χ0v) is 18.9. The lowest BCUT2D eigenvalue weighted by Gasteiger charge is -2.13. The first-order valence-electron chi connectivity index (χ1n) is 10.7. The van der Waals surface area contributed by atoms with Gasteiger partial charge in [-0.3, -0.25) is 5.10 Å². The molecule has 0 aliphatic carbocycles. The minimum Gasteiger partial charge on any atom is -0.488 e. The van der Waals surface area contributed by atoms with Crippen molar-refractivity contribution in [3.05, 3.63) is 83.4 Å². The Morgan fingerprint density at radius 1 is 1.06 bits per heavy atom. The number of rotatable bonds is 11. The molecule has 1 aromatic heterocycles. The molecule has 0 aliphatic rings. The number of ether oxygens (including phenoxy) is 1. The molecule has 168 valence electrons. The number of nitriles is 1. The molecule has 7 nitrogen and oxygen atoms in total. The lowest BCUT2D eigenvalue weighted by Crippen LogP contribution is -2.32. The monoisotopic (exact) mass is 459 g/mol. The van der Waals surface area contributed by atoms with Gasteiger partial charge in [-0.25, -0.2) is 0 Å². The number of aliphatic hydroxyl groups excluding tert-OH is 1. The Morgan fingerprint density at radius 3 is 2.64 bits per heavy atom. The Morgan fingerprint density at radius 2 is 1.85 bits per heavy atom. The Labute approximate surface area is 196 Å². The first-order valence-corrected chi connectivity index (χ1v) is 11.7. The number of fused-ring (bicyclic) bond motifs is 1. The molecule has 1 atom stereocenters. The number of aromatic nitrogens is 3. The first-order chi connectivity index (χ1) is 16.2. The minimum absolute atomic E-state index is 0.185. The number of benzene rings is 3. The van der Waals surface area contributed by atoms with Gasteiger partial charge in [0, 0.05) is 17.2 Å². The van der Waals surface area contributed by atoms with Crippen molar-refractivity contribution in [2.75, 3.05) is 19.7 Å². The average molecular weight is 460 g/mol. The maximum Gasteiger partial charge on any atom is 0.154 e. The summed E-state index contributed by atoms with van der Waals surface area (Å²) in [5, 5.41) is 32.9. The molecule has 4 aromatic rings. The predicted molar refractivity (Wildman–Crippen MR) is 129 cm³/mol. The van der Waals surface area contributed by atoms with Gasteiger partial charge in [0.2, 0.25) is 0 Å². The number of nitrogens with zero attached hydrogens (tertiary/aromatic N) is 3. The number of H-pyrrole nitrogens is 1. The van der Waals surface area contributed by atoms with Gasteiger partial charge in [0.25, 0.3) is 0 Å². The van der Waals surface area contributed by atoms with Crippen molar-refractivity contribution in [3.8, 4) is 11.8 Å². The number of nitrogens with one attached hydrogen (secondary N) is 2. The molecule has 1 heterocycles. The van der Waals surface area contributed by atoms with Gasteiger partial charge in [0.15, 0.2) is 5.52 Å². The summed E-state index contributed by atoms with van der Waals surface area (Å²) in [7, 11) is 0. The molecule has 0 fully saturated rings. The second-order valence-corrected chi connectivity index (χ2v) is 8.67. The van der Waals surface area contributed by atoms with Crippen LogP contribution in [-0.2, 0) is 12.2 Å². The van der Waals surface area contributed by atoms with Gasteiger partial charge in [0.05, 0.1) is 17.1 Å². The highest BCUT2D eigenvalue weighted by Crippen LogP contribution is 2.23. The van der Waals surface area contributed by atoms with Crippen LogP contribution < -0.4 is 10.1 Å². The SMILES string of the molecule is N#Cc1ccc(CSc2ccc(CCNC[C@H](O)COc3cccc4[nH]nnc34)cc2)cc1. The summed E-state index contributed by atoms with van der Waals surface area (Å²) in [5.41, 5.74) is 4.60. The highest BCUT2D eigenvalue weighted by molar-refractivity contribution is 7.98. The quantitative estimate of drug-likeness (QED) is 0.232. The zero-order chi connectivity index (χ0) is 22.9. The van der Waals surface area contributed by atoms with Crippen molar-refractivity contribution in [2.45, 2.75) is 23.2 Å². The molecule has 4 rings (SSSR count). The van der Waals surface area contributed by atoms with Crippen LogP contribution in [0, 0.1) is 11.3 Å². The third-order valence-corrected chi connectivity index (χ3v) is 6.22. The second-order valence-electron chi connectivity index (χ2n) is 7.62. The number of aliphatic hydroxyl groups is 1. The Kier molecular flexibility index (Phi) is 7.93. The van der Waals surface area contributed by atoms with Gasteiger partial charge in [-0.1, -0.05) is 35.5 Å². The maximum absolute atomic E-state index is 10.2. The first kappa shape index (κ1) is 22.8. The molecule has 0 saturated carbocycles. The maximum atomic E-state index is 10.2. The largest absolute Gasteiger partial charge is 0.488 e. The summed E-state index contributed by atoms with van der Waals surface area (Å²) in [6, 6.07) is 24.0. The van der Waals surface area contributed by atoms with Crippen molar-refractivity contribution < 1.29 is 9.84 Å². The molecule has 8 heteroatoms. The fourth-order valence-corrected chi connectivity index (χ4v) is 4.16. The second kappa shape index (κ2) is 11.5. The van der Waals surface area contributed by atoms with Crippen LogP contribution in [0.25, 0.3) is 11.0 Å². The van der Waals surface area contributed by atoms with Crippen LogP contribution >= 0.6 is 11.8 Å². The highest BCUT2D eigenvalue weighted by atomic mass is 32.2. The molecule has 33 heavy (non-hydrogen) atoms. The summed E-state index contributed by atoms with van der Waals surface area (Å²) < 4.78 is 5.71. The van der Waals surface area contributed by atoms with Crippen LogP contribution in [0.2, 0.25) is 0 Å². The normalized spacial score (nSPS) is 11.9. The van der Waals surface area contributed by atoms with Crippen LogP contribution in [0.15, 0.2) is 71.6 Å². The lowest BCUT2D eigenvalue weighted by atomic mass is 10.1. The number of hydrogen-bond donors (Lipinski definition) is 3. The molecule has 0 aliphatic heterocycles. The van der Waals surface area contributed by atoms with E-state index in [1.807, 2.05) is 42.5 Å². The van der Waals surface area contributed by atoms with Crippen molar-refractivity contribution in [3.63, 3.8) is 0 Å². The number of hydrogen-bond acceptors (Lipinski definition) is 7. The molecular formula is C25H25N5O2S. The molecule has 3 aromatic carbocycles. The summed E-state index contributed by atoms with van der Waals surface area (Å²) in [5.74, 6) is 1.48. The molecule has 0 spiro atoms. The third kappa shape index (κ3) is 6.56. The standard InChI is InChI=1S/C25H25N5O2S/c26-14-19-4-6-20(7-5-19)17-33-22-10-8-18(9-11-22)12-13-27-15-21(31)16-32-24-3-1-2-23-25(24)29-30-28-23/h1-11,21,27,31H,12-13,15-17H2,(H,28,29,30)/t21-/m0/s1. The molecule has 0 bridgehead atoms. The van der Waals surface area contributed by atoms with E-state index in [0.29, 0.717) is 23.4 Å². The number of thioether (sulfide) groups is 1. The van der Waals surface area contributed by atoms with Gasteiger partial charge in [-0.2, -0.15) is 5.26 Å². The fourth-order valence-electron chi connectivity index (χ4n) is 3.30.